The average Bonchev–Trinajstić information content (AvgIpc) is 2.56. The Bertz CT molecular complexity index is 451. The van der Waals surface area contributed by atoms with Gasteiger partial charge in [-0.1, -0.05) is 26.1 Å². The van der Waals surface area contributed by atoms with Crippen LogP contribution in [0.15, 0.2) is 18.2 Å². The molecule has 1 aliphatic rings. The summed E-state index contributed by atoms with van der Waals surface area (Å²) in [6.07, 6.45) is 0. The second-order valence-electron chi connectivity index (χ2n) is 5.36. The van der Waals surface area contributed by atoms with Crippen LogP contribution in [0.2, 0.25) is 0 Å². The molecule has 0 bridgehead atoms. The third-order valence-electron chi connectivity index (χ3n) is 3.71. The lowest BCUT2D eigenvalue weighted by Crippen LogP contribution is -2.20. The Labute approximate surface area is 113 Å². The monoisotopic (exact) mass is 266 g/mol. The van der Waals surface area contributed by atoms with Crippen LogP contribution in [-0.4, -0.2) is 23.0 Å². The standard InChI is InChI=1S/C14H19FN2S/c1-9-6-17(7-10(9)2)8-11-3-12(14(16)18)5-13(15)4-11/h3-5,9-10H,6-8H2,1-2H3,(H2,16,18). The van der Waals surface area contributed by atoms with Crippen molar-refractivity contribution in [1.29, 1.82) is 0 Å². The van der Waals surface area contributed by atoms with Gasteiger partial charge in [-0.2, -0.15) is 0 Å². The minimum absolute atomic E-state index is 0.249. The average molecular weight is 266 g/mol. The van der Waals surface area contributed by atoms with Crippen molar-refractivity contribution in [1.82, 2.24) is 4.90 Å². The van der Waals surface area contributed by atoms with Gasteiger partial charge in [0.05, 0.1) is 0 Å². The van der Waals surface area contributed by atoms with Crippen molar-refractivity contribution >= 4 is 17.2 Å². The number of likely N-dealkylation sites (tertiary alicyclic amines) is 1. The first-order valence-electron chi connectivity index (χ1n) is 6.27. The zero-order chi connectivity index (χ0) is 13.3. The lowest BCUT2D eigenvalue weighted by molar-refractivity contribution is 0.315. The predicted octanol–water partition coefficient (Wildman–Crippen LogP) is 2.55. The Kier molecular flexibility index (Phi) is 3.97. The number of halogens is 1. The molecular formula is C14H19FN2S. The normalized spacial score (nSPS) is 24.4. The summed E-state index contributed by atoms with van der Waals surface area (Å²) in [5.74, 6) is 1.14. The lowest BCUT2D eigenvalue weighted by Gasteiger charge is -2.16. The molecule has 2 atom stereocenters. The molecule has 4 heteroatoms. The largest absolute Gasteiger partial charge is 0.389 e. The summed E-state index contributed by atoms with van der Waals surface area (Å²) in [4.78, 5) is 2.60. The molecule has 0 aromatic heterocycles. The van der Waals surface area contributed by atoms with Crippen LogP contribution in [0.4, 0.5) is 4.39 Å². The van der Waals surface area contributed by atoms with Gasteiger partial charge in [0, 0.05) is 25.2 Å². The summed E-state index contributed by atoms with van der Waals surface area (Å²) >= 11 is 4.90. The molecule has 98 valence electrons. The van der Waals surface area contributed by atoms with Crippen LogP contribution in [0.5, 0.6) is 0 Å². The maximum atomic E-state index is 13.5. The number of hydrogen-bond acceptors (Lipinski definition) is 2. The molecule has 18 heavy (non-hydrogen) atoms. The number of rotatable bonds is 3. The highest BCUT2D eigenvalue weighted by Crippen LogP contribution is 2.24. The van der Waals surface area contributed by atoms with Crippen molar-refractivity contribution in [3.63, 3.8) is 0 Å². The Morgan fingerprint density at radius 3 is 2.50 bits per heavy atom. The van der Waals surface area contributed by atoms with Gasteiger partial charge in [0.1, 0.15) is 10.8 Å². The fraction of sp³-hybridized carbons (Fsp3) is 0.500. The molecule has 0 aliphatic carbocycles. The number of nitrogens with two attached hydrogens (primary N) is 1. The van der Waals surface area contributed by atoms with Gasteiger partial charge in [0.25, 0.3) is 0 Å². The molecule has 2 unspecified atom stereocenters. The third-order valence-corrected chi connectivity index (χ3v) is 3.95. The zero-order valence-electron chi connectivity index (χ0n) is 10.8. The van der Waals surface area contributed by atoms with Crippen molar-refractivity contribution in [3.8, 4) is 0 Å². The highest BCUT2D eigenvalue weighted by Gasteiger charge is 2.25. The molecule has 0 radical (unpaired) electrons. The first-order chi connectivity index (χ1) is 8.45. The number of hydrogen-bond donors (Lipinski definition) is 1. The van der Waals surface area contributed by atoms with Crippen LogP contribution in [0.25, 0.3) is 0 Å². The second kappa shape index (κ2) is 5.33. The van der Waals surface area contributed by atoms with Gasteiger partial charge in [-0.3, -0.25) is 4.90 Å². The summed E-state index contributed by atoms with van der Waals surface area (Å²) in [7, 11) is 0. The summed E-state index contributed by atoms with van der Waals surface area (Å²) in [5.41, 5.74) is 7.11. The van der Waals surface area contributed by atoms with Gasteiger partial charge in [-0.15, -0.1) is 0 Å². The van der Waals surface area contributed by atoms with Crippen LogP contribution in [0, 0.1) is 17.7 Å². The van der Waals surface area contributed by atoms with E-state index in [1.54, 1.807) is 6.07 Å². The smallest absolute Gasteiger partial charge is 0.124 e. The van der Waals surface area contributed by atoms with Crippen LogP contribution in [0.1, 0.15) is 25.0 Å². The molecular weight excluding hydrogens is 247 g/mol. The van der Waals surface area contributed by atoms with Crippen LogP contribution in [0.3, 0.4) is 0 Å². The quantitative estimate of drug-likeness (QED) is 0.853. The van der Waals surface area contributed by atoms with Crippen molar-refractivity contribution in [3.05, 3.63) is 35.1 Å². The molecule has 0 saturated carbocycles. The molecule has 1 fully saturated rings. The van der Waals surface area contributed by atoms with E-state index < -0.39 is 0 Å². The minimum Gasteiger partial charge on any atom is -0.389 e. The molecule has 2 rings (SSSR count). The van der Waals surface area contributed by atoms with Gasteiger partial charge >= 0.3 is 0 Å². The van der Waals surface area contributed by atoms with Crippen LogP contribution in [-0.2, 0) is 6.54 Å². The van der Waals surface area contributed by atoms with E-state index in [2.05, 4.69) is 18.7 Å². The molecule has 1 saturated heterocycles. The molecule has 2 N–H and O–H groups in total. The first-order valence-corrected chi connectivity index (χ1v) is 6.68. The summed E-state index contributed by atoms with van der Waals surface area (Å²) in [6, 6.07) is 4.84. The van der Waals surface area contributed by atoms with Gasteiger partial charge < -0.3 is 5.73 Å². The van der Waals surface area contributed by atoms with Gasteiger partial charge in [0.15, 0.2) is 0 Å². The summed E-state index contributed by atoms with van der Waals surface area (Å²) in [5, 5.41) is 0. The molecule has 2 nitrogen and oxygen atoms in total. The van der Waals surface area contributed by atoms with E-state index in [0.29, 0.717) is 17.4 Å². The van der Waals surface area contributed by atoms with Gasteiger partial charge in [-0.05, 0) is 35.6 Å². The van der Waals surface area contributed by atoms with E-state index >= 15 is 0 Å². The molecule has 0 spiro atoms. The van der Waals surface area contributed by atoms with Gasteiger partial charge in [-0.25, -0.2) is 4.39 Å². The Hall–Kier alpha value is -1.00. The maximum absolute atomic E-state index is 13.5. The van der Waals surface area contributed by atoms with Crippen molar-refractivity contribution in [2.75, 3.05) is 13.1 Å². The molecule has 1 heterocycles. The highest BCUT2D eigenvalue weighted by atomic mass is 32.1. The maximum Gasteiger partial charge on any atom is 0.124 e. The van der Waals surface area contributed by atoms with Gasteiger partial charge in [0.2, 0.25) is 0 Å². The van der Waals surface area contributed by atoms with Crippen LogP contribution >= 0.6 is 12.2 Å². The first kappa shape index (κ1) is 13.4. The summed E-state index contributed by atoms with van der Waals surface area (Å²) < 4.78 is 13.5. The molecule has 1 aromatic carbocycles. The van der Waals surface area contributed by atoms with E-state index in [1.807, 2.05) is 6.07 Å². The highest BCUT2D eigenvalue weighted by molar-refractivity contribution is 7.80. The van der Waals surface area contributed by atoms with E-state index in [1.165, 1.54) is 6.07 Å². The molecule has 1 aliphatic heterocycles. The third kappa shape index (κ3) is 3.06. The Balaban J connectivity index is 2.12. The topological polar surface area (TPSA) is 29.3 Å². The van der Waals surface area contributed by atoms with Crippen LogP contribution < -0.4 is 5.73 Å². The van der Waals surface area contributed by atoms with E-state index in [4.69, 9.17) is 18.0 Å². The zero-order valence-corrected chi connectivity index (χ0v) is 11.6. The number of benzene rings is 1. The van der Waals surface area contributed by atoms with Crippen molar-refractivity contribution in [2.24, 2.45) is 17.6 Å². The Morgan fingerprint density at radius 1 is 1.33 bits per heavy atom. The second-order valence-corrected chi connectivity index (χ2v) is 5.80. The minimum atomic E-state index is -0.268. The molecule has 1 aromatic rings. The number of thiocarbonyl (C=S) groups is 1. The summed E-state index contributed by atoms with van der Waals surface area (Å²) in [6.45, 7) is 7.43. The van der Waals surface area contributed by atoms with Crippen molar-refractivity contribution < 1.29 is 4.39 Å². The van der Waals surface area contributed by atoms with E-state index in [-0.39, 0.29) is 10.8 Å². The lowest BCUT2D eigenvalue weighted by atomic mass is 10.0. The van der Waals surface area contributed by atoms with E-state index in [9.17, 15) is 4.39 Å². The SMILES string of the molecule is CC1CN(Cc2cc(F)cc(C(N)=S)c2)CC1C. The fourth-order valence-electron chi connectivity index (χ4n) is 2.52. The Morgan fingerprint density at radius 2 is 1.94 bits per heavy atom. The van der Waals surface area contributed by atoms with E-state index in [0.717, 1.165) is 25.2 Å². The fourth-order valence-corrected chi connectivity index (χ4v) is 2.64. The molecule has 0 amide bonds. The van der Waals surface area contributed by atoms with Crippen molar-refractivity contribution in [2.45, 2.75) is 20.4 Å². The predicted molar refractivity (Wildman–Crippen MR) is 75.9 cm³/mol. The number of nitrogens with zero attached hydrogens (tertiary/aromatic N) is 1.